The smallest absolute Gasteiger partial charge is 0.387 e. The fraction of sp³-hybridized carbons (Fsp3) is 0.478. The van der Waals surface area contributed by atoms with Crippen molar-refractivity contribution >= 4 is 11.8 Å². The molecular formula is C23H31F2N5O2. The van der Waals surface area contributed by atoms with Gasteiger partial charge < -0.3 is 25.4 Å². The summed E-state index contributed by atoms with van der Waals surface area (Å²) in [5.74, 6) is 1.63. The van der Waals surface area contributed by atoms with E-state index in [2.05, 4.69) is 36.3 Å². The van der Waals surface area contributed by atoms with Crippen LogP contribution in [0.2, 0.25) is 0 Å². The van der Waals surface area contributed by atoms with Crippen LogP contribution in [0.3, 0.4) is 0 Å². The minimum atomic E-state index is -2.87. The molecule has 7 nitrogen and oxygen atoms in total. The number of aromatic nitrogens is 1. The molecule has 1 fully saturated rings. The molecule has 0 radical (unpaired) electrons. The summed E-state index contributed by atoms with van der Waals surface area (Å²) in [7, 11) is 0. The number of anilines is 1. The van der Waals surface area contributed by atoms with Gasteiger partial charge in [0.15, 0.2) is 5.96 Å². The van der Waals surface area contributed by atoms with Gasteiger partial charge in [0.25, 0.3) is 0 Å². The highest BCUT2D eigenvalue weighted by Crippen LogP contribution is 2.20. The summed E-state index contributed by atoms with van der Waals surface area (Å²) >= 11 is 0. The summed E-state index contributed by atoms with van der Waals surface area (Å²) in [4.78, 5) is 11.4. The number of rotatable bonds is 9. The number of guanidine groups is 1. The maximum absolute atomic E-state index is 12.3. The maximum atomic E-state index is 12.3. The number of aliphatic hydroxyl groups is 1. The topological polar surface area (TPSA) is 82.0 Å². The van der Waals surface area contributed by atoms with Gasteiger partial charge in [0.1, 0.15) is 11.6 Å². The SMILES string of the molecule is CCNC(=NCc1ccnc(N2CCCCC2)c1)NCC(O)c1ccc(OC(F)F)cc1. The number of halogens is 2. The normalized spacial score (nSPS) is 15.5. The second-order valence-corrected chi connectivity index (χ2v) is 7.61. The van der Waals surface area contributed by atoms with Gasteiger partial charge >= 0.3 is 6.61 Å². The molecule has 174 valence electrons. The van der Waals surface area contributed by atoms with E-state index in [1.807, 2.05) is 19.2 Å². The second-order valence-electron chi connectivity index (χ2n) is 7.61. The van der Waals surface area contributed by atoms with Crippen LogP contribution in [0.4, 0.5) is 14.6 Å². The Morgan fingerprint density at radius 3 is 2.59 bits per heavy atom. The van der Waals surface area contributed by atoms with E-state index in [-0.39, 0.29) is 12.3 Å². The summed E-state index contributed by atoms with van der Waals surface area (Å²) < 4.78 is 28.9. The Labute approximate surface area is 187 Å². The molecule has 2 heterocycles. The van der Waals surface area contributed by atoms with Gasteiger partial charge in [-0.15, -0.1) is 0 Å². The Hall–Kier alpha value is -2.94. The first-order valence-electron chi connectivity index (χ1n) is 11.0. The third kappa shape index (κ3) is 7.33. The van der Waals surface area contributed by atoms with E-state index >= 15 is 0 Å². The standard InChI is InChI=1S/C23H31F2N5O2/c1-2-26-23(29-16-20(31)18-6-8-19(9-7-18)32-22(24)25)28-15-17-10-11-27-21(14-17)30-12-4-3-5-13-30/h6-11,14,20,22,31H,2-5,12-13,15-16H2,1H3,(H2,26,28,29). The summed E-state index contributed by atoms with van der Waals surface area (Å²) in [6.07, 6.45) is 4.66. The molecule has 1 saturated heterocycles. The molecule has 3 N–H and O–H groups in total. The number of nitrogens with one attached hydrogen (secondary N) is 2. The molecule has 0 spiro atoms. The van der Waals surface area contributed by atoms with Crippen LogP contribution < -0.4 is 20.3 Å². The van der Waals surface area contributed by atoms with Crippen LogP contribution in [0.1, 0.15) is 43.4 Å². The summed E-state index contributed by atoms with van der Waals surface area (Å²) in [5, 5.41) is 16.7. The second kappa shape index (κ2) is 12.2. The lowest BCUT2D eigenvalue weighted by molar-refractivity contribution is -0.0498. The van der Waals surface area contributed by atoms with E-state index < -0.39 is 12.7 Å². The molecule has 3 rings (SSSR count). The Kier molecular flexibility index (Phi) is 9.03. The Balaban J connectivity index is 1.56. The monoisotopic (exact) mass is 447 g/mol. The number of pyridine rings is 1. The quantitative estimate of drug-likeness (QED) is 0.404. The van der Waals surface area contributed by atoms with E-state index in [0.29, 0.717) is 24.6 Å². The number of alkyl halides is 2. The van der Waals surface area contributed by atoms with Crippen molar-refractivity contribution in [3.63, 3.8) is 0 Å². The van der Waals surface area contributed by atoms with Crippen LogP contribution in [-0.4, -0.2) is 48.8 Å². The summed E-state index contributed by atoms with van der Waals surface area (Å²) in [5.41, 5.74) is 1.66. The summed E-state index contributed by atoms with van der Waals surface area (Å²) in [6.45, 7) is 2.55. The number of aliphatic hydroxyl groups excluding tert-OH is 1. The molecule has 0 saturated carbocycles. The average Bonchev–Trinajstić information content (AvgIpc) is 2.81. The zero-order valence-corrected chi connectivity index (χ0v) is 18.3. The maximum Gasteiger partial charge on any atom is 0.387 e. The Bertz CT molecular complexity index is 858. The van der Waals surface area contributed by atoms with Gasteiger partial charge in [-0.3, -0.25) is 0 Å². The van der Waals surface area contributed by atoms with E-state index in [1.54, 1.807) is 12.1 Å². The Morgan fingerprint density at radius 2 is 1.91 bits per heavy atom. The van der Waals surface area contributed by atoms with Gasteiger partial charge in [-0.25, -0.2) is 9.98 Å². The number of nitrogens with zero attached hydrogens (tertiary/aromatic N) is 3. The van der Waals surface area contributed by atoms with Crippen molar-refractivity contribution in [1.82, 2.24) is 15.6 Å². The molecule has 1 aromatic carbocycles. The van der Waals surface area contributed by atoms with Crippen LogP contribution >= 0.6 is 0 Å². The molecule has 0 bridgehead atoms. The van der Waals surface area contributed by atoms with Gasteiger partial charge in [-0.1, -0.05) is 12.1 Å². The fourth-order valence-corrected chi connectivity index (χ4v) is 3.55. The van der Waals surface area contributed by atoms with Gasteiger partial charge in [-0.05, 0) is 61.6 Å². The number of piperidine rings is 1. The van der Waals surface area contributed by atoms with Crippen molar-refractivity contribution in [1.29, 1.82) is 0 Å². The van der Waals surface area contributed by atoms with E-state index in [9.17, 15) is 13.9 Å². The van der Waals surface area contributed by atoms with Crippen LogP contribution in [0.5, 0.6) is 5.75 Å². The van der Waals surface area contributed by atoms with Gasteiger partial charge in [-0.2, -0.15) is 8.78 Å². The van der Waals surface area contributed by atoms with Crippen molar-refractivity contribution in [3.8, 4) is 5.75 Å². The predicted molar refractivity (Wildman–Crippen MR) is 121 cm³/mol. The molecule has 32 heavy (non-hydrogen) atoms. The highest BCUT2D eigenvalue weighted by molar-refractivity contribution is 5.79. The highest BCUT2D eigenvalue weighted by Gasteiger charge is 2.13. The molecule has 0 aliphatic carbocycles. The molecule has 2 aromatic rings. The first kappa shape index (κ1) is 23.7. The number of ether oxygens (including phenoxy) is 1. The number of aliphatic imine (C=N–C) groups is 1. The first-order valence-corrected chi connectivity index (χ1v) is 11.0. The van der Waals surface area contributed by atoms with Crippen molar-refractivity contribution in [2.45, 2.75) is 45.4 Å². The van der Waals surface area contributed by atoms with Gasteiger partial charge in [0, 0.05) is 32.4 Å². The van der Waals surface area contributed by atoms with Crippen LogP contribution in [0, 0.1) is 0 Å². The van der Waals surface area contributed by atoms with Crippen LogP contribution in [0.15, 0.2) is 47.6 Å². The lowest BCUT2D eigenvalue weighted by Gasteiger charge is -2.27. The number of hydrogen-bond acceptors (Lipinski definition) is 5. The molecular weight excluding hydrogens is 416 g/mol. The number of hydrogen-bond donors (Lipinski definition) is 3. The van der Waals surface area contributed by atoms with Crippen LogP contribution in [0.25, 0.3) is 0 Å². The van der Waals surface area contributed by atoms with E-state index in [4.69, 9.17) is 0 Å². The van der Waals surface area contributed by atoms with Crippen molar-refractivity contribution in [2.24, 2.45) is 4.99 Å². The zero-order valence-electron chi connectivity index (χ0n) is 18.3. The lowest BCUT2D eigenvalue weighted by Crippen LogP contribution is -2.39. The highest BCUT2D eigenvalue weighted by atomic mass is 19.3. The van der Waals surface area contributed by atoms with Crippen molar-refractivity contribution in [2.75, 3.05) is 31.1 Å². The molecule has 1 unspecified atom stereocenters. The Morgan fingerprint density at radius 1 is 1.16 bits per heavy atom. The average molecular weight is 448 g/mol. The molecule has 1 aliphatic rings. The third-order valence-corrected chi connectivity index (χ3v) is 5.21. The molecule has 1 atom stereocenters. The first-order chi connectivity index (χ1) is 15.5. The molecule has 1 aromatic heterocycles. The third-order valence-electron chi connectivity index (χ3n) is 5.21. The van der Waals surface area contributed by atoms with Crippen LogP contribution in [-0.2, 0) is 6.54 Å². The predicted octanol–water partition coefficient (Wildman–Crippen LogP) is 3.46. The van der Waals surface area contributed by atoms with E-state index in [0.717, 1.165) is 24.5 Å². The van der Waals surface area contributed by atoms with E-state index in [1.165, 1.54) is 31.4 Å². The zero-order chi connectivity index (χ0) is 22.8. The minimum Gasteiger partial charge on any atom is -0.435 e. The van der Waals surface area contributed by atoms with Gasteiger partial charge in [0.05, 0.1) is 12.6 Å². The summed E-state index contributed by atoms with van der Waals surface area (Å²) in [6, 6.07) is 9.98. The number of benzene rings is 1. The minimum absolute atomic E-state index is 0.0556. The molecule has 9 heteroatoms. The lowest BCUT2D eigenvalue weighted by atomic mass is 10.1. The molecule has 0 amide bonds. The van der Waals surface area contributed by atoms with Gasteiger partial charge in [0.2, 0.25) is 0 Å². The fourth-order valence-electron chi connectivity index (χ4n) is 3.55. The van der Waals surface area contributed by atoms with Crippen molar-refractivity contribution < 1.29 is 18.6 Å². The van der Waals surface area contributed by atoms with Crippen molar-refractivity contribution in [3.05, 3.63) is 53.7 Å². The molecule has 1 aliphatic heterocycles. The largest absolute Gasteiger partial charge is 0.435 e.